The maximum Gasteiger partial charge on any atom is 0.466 e. The second kappa shape index (κ2) is 7.91. The van der Waals surface area contributed by atoms with Gasteiger partial charge in [0.1, 0.15) is 0 Å². The summed E-state index contributed by atoms with van der Waals surface area (Å²) in [4.78, 5) is 21.6. The molecule has 6 heteroatoms. The lowest BCUT2D eigenvalue weighted by Crippen LogP contribution is -1.86. The minimum absolute atomic E-state index is 0.534. The first kappa shape index (κ1) is 13.4. The molecule has 0 rings (SSSR count). The van der Waals surface area contributed by atoms with Crippen molar-refractivity contribution in [2.45, 2.75) is 0 Å². The highest BCUT2D eigenvalue weighted by atomic mass is 31.2. The molecule has 0 saturated carbocycles. The van der Waals surface area contributed by atoms with Crippen LogP contribution in [0.15, 0.2) is 12.7 Å². The lowest BCUT2D eigenvalue weighted by Gasteiger charge is -1.88. The molecular formula is C5H12O5P. The van der Waals surface area contributed by atoms with Crippen molar-refractivity contribution in [3.05, 3.63) is 19.6 Å². The first-order valence-corrected chi connectivity index (χ1v) is 4.24. The Bertz CT molecular complexity index is 121. The zero-order valence-electron chi connectivity index (χ0n) is 6.01. The van der Waals surface area contributed by atoms with E-state index in [1.54, 1.807) is 6.08 Å². The third kappa shape index (κ3) is 75.8. The summed E-state index contributed by atoms with van der Waals surface area (Å²) >= 11 is 0. The molecule has 0 amide bonds. The molecule has 0 aliphatic rings. The summed E-state index contributed by atoms with van der Waals surface area (Å²) in [5.74, 6) is 0. The van der Waals surface area contributed by atoms with Crippen molar-refractivity contribution in [3.63, 3.8) is 0 Å². The maximum atomic E-state index is 8.88. The Balaban J connectivity index is 0. The van der Waals surface area contributed by atoms with Gasteiger partial charge in [0.2, 0.25) is 0 Å². The van der Waals surface area contributed by atoms with Gasteiger partial charge < -0.3 is 19.4 Å². The van der Waals surface area contributed by atoms with Crippen molar-refractivity contribution in [2.75, 3.05) is 13.2 Å². The van der Waals surface area contributed by atoms with Gasteiger partial charge in [0.05, 0.1) is 6.61 Å². The number of hydrogen-bond donors (Lipinski definition) is 3. The summed E-state index contributed by atoms with van der Waals surface area (Å²) in [7, 11) is -4.64. The second-order valence-electron chi connectivity index (χ2n) is 1.38. The van der Waals surface area contributed by atoms with Gasteiger partial charge in [0.15, 0.2) is 0 Å². The van der Waals surface area contributed by atoms with Crippen LogP contribution >= 0.6 is 7.82 Å². The van der Waals surface area contributed by atoms with E-state index in [9.17, 15) is 0 Å². The Hall–Kier alpha value is -0.190. The molecule has 0 aromatic heterocycles. The lowest BCUT2D eigenvalue weighted by atomic mass is 10.7. The van der Waals surface area contributed by atoms with Gasteiger partial charge in [-0.05, 0) is 6.92 Å². The molecule has 0 heterocycles. The SMILES string of the molecule is O=P(O)(O)O.[CH2]COCC=C. The van der Waals surface area contributed by atoms with Crippen LogP contribution in [-0.4, -0.2) is 27.9 Å². The van der Waals surface area contributed by atoms with Crippen molar-refractivity contribution in [2.24, 2.45) is 0 Å². The zero-order chi connectivity index (χ0) is 9.33. The van der Waals surface area contributed by atoms with Crippen LogP contribution in [0.3, 0.4) is 0 Å². The van der Waals surface area contributed by atoms with Crippen LogP contribution in [0.5, 0.6) is 0 Å². The molecule has 67 valence electrons. The zero-order valence-corrected chi connectivity index (χ0v) is 6.91. The number of ether oxygens (including phenoxy) is 1. The average Bonchev–Trinajstić information content (AvgIpc) is 1.79. The number of phosphoric acid groups is 1. The van der Waals surface area contributed by atoms with Crippen LogP contribution in [0.4, 0.5) is 0 Å². The Labute approximate surface area is 65.6 Å². The molecule has 0 aliphatic heterocycles. The van der Waals surface area contributed by atoms with E-state index < -0.39 is 7.82 Å². The van der Waals surface area contributed by atoms with Gasteiger partial charge in [0.25, 0.3) is 0 Å². The van der Waals surface area contributed by atoms with Gasteiger partial charge in [-0.3, -0.25) is 0 Å². The number of rotatable bonds is 3. The van der Waals surface area contributed by atoms with Gasteiger partial charge in [-0.15, -0.1) is 6.58 Å². The van der Waals surface area contributed by atoms with Crippen LogP contribution in [0.25, 0.3) is 0 Å². The summed E-state index contributed by atoms with van der Waals surface area (Å²) < 4.78 is 13.6. The predicted octanol–water partition coefficient (Wildman–Crippen LogP) is 0.0945. The van der Waals surface area contributed by atoms with Crippen LogP contribution in [0.2, 0.25) is 0 Å². The van der Waals surface area contributed by atoms with Gasteiger partial charge in [-0.1, -0.05) is 6.08 Å². The quantitative estimate of drug-likeness (QED) is 0.328. The standard InChI is InChI=1S/C5H9O.H3O4P/c1-3-5-6-4-2;1-5(2,3)4/h3H,1-2,4-5H2;(H3,1,2,3,4). The molecule has 0 fully saturated rings. The number of hydrogen-bond acceptors (Lipinski definition) is 2. The molecule has 0 spiro atoms. The van der Waals surface area contributed by atoms with Gasteiger partial charge in [0, 0.05) is 6.61 Å². The van der Waals surface area contributed by atoms with E-state index in [-0.39, 0.29) is 0 Å². The molecular weight excluding hydrogens is 171 g/mol. The summed E-state index contributed by atoms with van der Waals surface area (Å²) in [5, 5.41) is 0. The van der Waals surface area contributed by atoms with E-state index in [1.165, 1.54) is 0 Å². The summed E-state index contributed by atoms with van der Waals surface area (Å²) in [6.07, 6.45) is 1.70. The summed E-state index contributed by atoms with van der Waals surface area (Å²) in [6.45, 7) is 8.05. The summed E-state index contributed by atoms with van der Waals surface area (Å²) in [6, 6.07) is 0. The van der Waals surface area contributed by atoms with Gasteiger partial charge in [-0.25, -0.2) is 4.57 Å². The van der Waals surface area contributed by atoms with Gasteiger partial charge in [-0.2, -0.15) is 0 Å². The van der Waals surface area contributed by atoms with Crippen molar-refractivity contribution in [1.29, 1.82) is 0 Å². The normalized spacial score (nSPS) is 9.82. The van der Waals surface area contributed by atoms with E-state index in [2.05, 4.69) is 13.5 Å². The summed E-state index contributed by atoms with van der Waals surface area (Å²) in [5.41, 5.74) is 0. The third-order valence-corrected chi connectivity index (χ3v) is 0.380. The molecule has 0 aromatic carbocycles. The molecule has 11 heavy (non-hydrogen) atoms. The molecule has 0 aliphatic carbocycles. The van der Waals surface area contributed by atoms with Crippen LogP contribution < -0.4 is 0 Å². The minimum Gasteiger partial charge on any atom is -0.377 e. The van der Waals surface area contributed by atoms with E-state index in [0.29, 0.717) is 13.2 Å². The van der Waals surface area contributed by atoms with E-state index in [0.717, 1.165) is 0 Å². The fourth-order valence-corrected chi connectivity index (χ4v) is 0.167. The molecule has 1 radical (unpaired) electrons. The highest BCUT2D eigenvalue weighted by Gasteiger charge is 2.00. The lowest BCUT2D eigenvalue weighted by molar-refractivity contribution is 0.192. The van der Waals surface area contributed by atoms with E-state index in [4.69, 9.17) is 24.0 Å². The monoisotopic (exact) mass is 183 g/mol. The highest BCUT2D eigenvalue weighted by molar-refractivity contribution is 7.45. The van der Waals surface area contributed by atoms with E-state index >= 15 is 0 Å². The van der Waals surface area contributed by atoms with E-state index in [1.807, 2.05) is 0 Å². The molecule has 0 saturated heterocycles. The maximum absolute atomic E-state index is 8.88. The van der Waals surface area contributed by atoms with Crippen LogP contribution in [0, 0.1) is 6.92 Å². The minimum atomic E-state index is -4.64. The highest BCUT2D eigenvalue weighted by Crippen LogP contribution is 2.25. The van der Waals surface area contributed by atoms with Crippen LogP contribution in [-0.2, 0) is 9.30 Å². The molecule has 0 atom stereocenters. The van der Waals surface area contributed by atoms with Crippen molar-refractivity contribution >= 4 is 7.82 Å². The molecule has 0 unspecified atom stereocenters. The first-order chi connectivity index (χ1) is 4.91. The smallest absolute Gasteiger partial charge is 0.377 e. The predicted molar refractivity (Wildman–Crippen MR) is 40.6 cm³/mol. The Morgan fingerprint density at radius 1 is 1.45 bits per heavy atom. The molecule has 0 aromatic rings. The topological polar surface area (TPSA) is 87.0 Å². The van der Waals surface area contributed by atoms with Crippen molar-refractivity contribution in [1.82, 2.24) is 0 Å². The average molecular weight is 183 g/mol. The fourth-order valence-electron chi connectivity index (χ4n) is 0.167. The fraction of sp³-hybridized carbons (Fsp3) is 0.400. The Kier molecular flexibility index (Phi) is 9.64. The first-order valence-electron chi connectivity index (χ1n) is 2.68. The third-order valence-electron chi connectivity index (χ3n) is 0.380. The molecule has 0 bridgehead atoms. The molecule has 3 N–H and O–H groups in total. The van der Waals surface area contributed by atoms with Crippen LogP contribution in [0.1, 0.15) is 0 Å². The largest absolute Gasteiger partial charge is 0.466 e. The molecule has 5 nitrogen and oxygen atoms in total. The van der Waals surface area contributed by atoms with Crippen molar-refractivity contribution in [3.8, 4) is 0 Å². The second-order valence-corrected chi connectivity index (χ2v) is 2.40. The Morgan fingerprint density at radius 2 is 1.82 bits per heavy atom. The van der Waals surface area contributed by atoms with Crippen molar-refractivity contribution < 1.29 is 24.0 Å². The van der Waals surface area contributed by atoms with Gasteiger partial charge >= 0.3 is 7.82 Å². The Morgan fingerprint density at radius 3 is 1.91 bits per heavy atom.